The van der Waals surface area contributed by atoms with Gasteiger partial charge in [-0.25, -0.2) is 8.42 Å². The smallest absolute Gasteiger partial charge is 0.261 e. The van der Waals surface area contributed by atoms with Crippen molar-refractivity contribution in [1.29, 1.82) is 0 Å². The summed E-state index contributed by atoms with van der Waals surface area (Å²) in [6.45, 7) is 0. The Kier molecular flexibility index (Phi) is 6.47. The number of carbonyl (C=O) groups is 1. The highest BCUT2D eigenvalue weighted by Gasteiger charge is 2.15. The Balaban J connectivity index is 1.68. The third kappa shape index (κ3) is 5.50. The molecule has 0 unspecified atom stereocenters. The lowest BCUT2D eigenvalue weighted by molar-refractivity contribution is -0.117. The van der Waals surface area contributed by atoms with E-state index >= 15 is 0 Å². The van der Waals surface area contributed by atoms with Crippen LogP contribution >= 0.6 is 23.2 Å². The number of para-hydroxylation sites is 1. The van der Waals surface area contributed by atoms with Crippen molar-refractivity contribution in [2.24, 2.45) is 0 Å². The first-order valence-electron chi connectivity index (χ1n) is 8.60. The molecule has 3 rings (SSSR count). The van der Waals surface area contributed by atoms with Crippen molar-refractivity contribution in [2.75, 3.05) is 4.72 Å². The fourth-order valence-electron chi connectivity index (χ4n) is 2.72. The van der Waals surface area contributed by atoms with Gasteiger partial charge in [0.15, 0.2) is 0 Å². The molecule has 150 valence electrons. The lowest BCUT2D eigenvalue weighted by atomic mass is 10.0. The second-order valence-corrected chi connectivity index (χ2v) is 8.90. The van der Waals surface area contributed by atoms with Gasteiger partial charge in [-0.05, 0) is 42.0 Å². The number of benzene rings is 3. The number of rotatable bonds is 7. The predicted molar refractivity (Wildman–Crippen MR) is 114 cm³/mol. The van der Waals surface area contributed by atoms with Gasteiger partial charge in [-0.15, -0.1) is 0 Å². The summed E-state index contributed by atoms with van der Waals surface area (Å²) in [5.41, 5.74) is 1.53. The van der Waals surface area contributed by atoms with Gasteiger partial charge in [-0.3, -0.25) is 9.52 Å². The number of aromatic hydroxyl groups is 1. The molecule has 8 heteroatoms. The molecule has 0 heterocycles. The number of sulfonamides is 1. The molecule has 2 N–H and O–H groups in total. The van der Waals surface area contributed by atoms with Gasteiger partial charge in [0, 0.05) is 18.4 Å². The SMILES string of the molecule is O=C(Cc1ccc(S(=O)(=O)Nc2ccc(Cl)c(Cl)c2)cc1)Cc1ccccc1O. The highest BCUT2D eigenvalue weighted by Crippen LogP contribution is 2.26. The van der Waals surface area contributed by atoms with Crippen LogP contribution in [-0.2, 0) is 27.7 Å². The highest BCUT2D eigenvalue weighted by molar-refractivity contribution is 7.92. The lowest BCUT2D eigenvalue weighted by Crippen LogP contribution is -2.13. The van der Waals surface area contributed by atoms with Gasteiger partial charge < -0.3 is 5.11 Å². The number of phenolic OH excluding ortho intramolecular Hbond substituents is 1. The molecular formula is C21H17Cl2NO4S. The van der Waals surface area contributed by atoms with Crippen molar-refractivity contribution in [3.05, 3.63) is 87.9 Å². The quantitative estimate of drug-likeness (QED) is 0.539. The maximum absolute atomic E-state index is 12.5. The summed E-state index contributed by atoms with van der Waals surface area (Å²) in [4.78, 5) is 12.3. The number of Topliss-reactive ketones (excluding diaryl/α,β-unsaturated/α-hetero) is 1. The van der Waals surface area contributed by atoms with Gasteiger partial charge >= 0.3 is 0 Å². The molecule has 0 aliphatic carbocycles. The van der Waals surface area contributed by atoms with Crippen molar-refractivity contribution in [2.45, 2.75) is 17.7 Å². The third-order valence-electron chi connectivity index (χ3n) is 4.19. The van der Waals surface area contributed by atoms with Crippen LogP contribution in [0, 0.1) is 0 Å². The van der Waals surface area contributed by atoms with E-state index in [2.05, 4.69) is 4.72 Å². The van der Waals surface area contributed by atoms with Crippen molar-refractivity contribution < 1.29 is 18.3 Å². The topological polar surface area (TPSA) is 83.5 Å². The summed E-state index contributed by atoms with van der Waals surface area (Å²) in [6.07, 6.45) is 0.237. The largest absolute Gasteiger partial charge is 0.508 e. The van der Waals surface area contributed by atoms with Gasteiger partial charge in [-0.2, -0.15) is 0 Å². The average Bonchev–Trinajstić information content (AvgIpc) is 2.67. The summed E-state index contributed by atoms with van der Waals surface area (Å²) < 4.78 is 27.5. The molecule has 0 spiro atoms. The van der Waals surface area contributed by atoms with E-state index in [1.54, 1.807) is 30.3 Å². The molecule has 0 aliphatic heterocycles. The molecule has 0 aliphatic rings. The van der Waals surface area contributed by atoms with E-state index in [1.165, 1.54) is 36.4 Å². The van der Waals surface area contributed by atoms with E-state index in [0.717, 1.165) is 0 Å². The Labute approximate surface area is 179 Å². The van der Waals surface area contributed by atoms with Gasteiger partial charge in [0.25, 0.3) is 10.0 Å². The molecule has 0 saturated carbocycles. The van der Waals surface area contributed by atoms with Crippen LogP contribution in [0.4, 0.5) is 5.69 Å². The predicted octanol–water partition coefficient (Wildman–Crippen LogP) is 4.85. The van der Waals surface area contributed by atoms with Crippen LogP contribution in [0.5, 0.6) is 5.75 Å². The molecule has 0 bridgehead atoms. The molecule has 3 aromatic carbocycles. The molecule has 0 atom stereocenters. The normalized spacial score (nSPS) is 11.2. The number of nitrogens with one attached hydrogen (secondary N) is 1. The number of hydrogen-bond donors (Lipinski definition) is 2. The standard InChI is InChI=1S/C21H17Cl2NO4S/c22-19-10-7-16(13-20(19)23)24-29(27,28)18-8-5-14(6-9-18)11-17(25)12-15-3-1-2-4-21(15)26/h1-10,13,24,26H,11-12H2. The van der Waals surface area contributed by atoms with E-state index < -0.39 is 10.0 Å². The Hall–Kier alpha value is -2.54. The molecule has 0 saturated heterocycles. The minimum atomic E-state index is -3.81. The Bertz CT molecular complexity index is 1150. The van der Waals surface area contributed by atoms with Crippen LogP contribution in [0.2, 0.25) is 10.0 Å². The van der Waals surface area contributed by atoms with Crippen molar-refractivity contribution >= 4 is 44.7 Å². The number of carbonyl (C=O) groups excluding carboxylic acids is 1. The molecule has 0 amide bonds. The molecule has 0 aromatic heterocycles. The van der Waals surface area contributed by atoms with Crippen LogP contribution in [-0.4, -0.2) is 19.3 Å². The first-order valence-corrected chi connectivity index (χ1v) is 10.8. The number of ketones is 1. The summed E-state index contributed by atoms with van der Waals surface area (Å²) >= 11 is 11.7. The fourth-order valence-corrected chi connectivity index (χ4v) is 4.07. The lowest BCUT2D eigenvalue weighted by Gasteiger charge is -2.10. The van der Waals surface area contributed by atoms with Crippen LogP contribution in [0.3, 0.4) is 0 Å². The molecule has 5 nitrogen and oxygen atoms in total. The highest BCUT2D eigenvalue weighted by atomic mass is 35.5. The molecule has 0 radical (unpaired) electrons. The summed E-state index contributed by atoms with van der Waals surface area (Å²) in [6, 6.07) is 17.1. The number of hydrogen-bond acceptors (Lipinski definition) is 4. The second-order valence-electron chi connectivity index (χ2n) is 6.40. The average molecular weight is 450 g/mol. The number of anilines is 1. The summed E-state index contributed by atoms with van der Waals surface area (Å²) in [5.74, 6) is -0.00768. The van der Waals surface area contributed by atoms with Crippen molar-refractivity contribution in [3.63, 3.8) is 0 Å². The van der Waals surface area contributed by atoms with E-state index in [1.807, 2.05) is 0 Å². The minimum absolute atomic E-state index is 0.0560. The number of halogens is 2. The maximum atomic E-state index is 12.5. The van der Waals surface area contributed by atoms with Gasteiger partial charge in [-0.1, -0.05) is 53.5 Å². The first kappa shape index (κ1) is 21.2. The van der Waals surface area contributed by atoms with Gasteiger partial charge in [0.05, 0.1) is 20.6 Å². The minimum Gasteiger partial charge on any atom is -0.508 e. The van der Waals surface area contributed by atoms with Crippen LogP contribution < -0.4 is 4.72 Å². The van der Waals surface area contributed by atoms with Crippen molar-refractivity contribution in [3.8, 4) is 5.75 Å². The summed E-state index contributed by atoms with van der Waals surface area (Å²) in [7, 11) is -3.81. The Morgan fingerprint density at radius 2 is 1.59 bits per heavy atom. The zero-order valence-corrected chi connectivity index (χ0v) is 17.4. The van der Waals surface area contributed by atoms with E-state index in [4.69, 9.17) is 23.2 Å². The molecule has 29 heavy (non-hydrogen) atoms. The van der Waals surface area contributed by atoms with Gasteiger partial charge in [0.2, 0.25) is 0 Å². The van der Waals surface area contributed by atoms with E-state index in [-0.39, 0.29) is 34.3 Å². The Morgan fingerprint density at radius 1 is 0.897 bits per heavy atom. The molecule has 0 fully saturated rings. The second kappa shape index (κ2) is 8.86. The van der Waals surface area contributed by atoms with Crippen LogP contribution in [0.15, 0.2) is 71.6 Å². The van der Waals surface area contributed by atoms with E-state index in [9.17, 15) is 18.3 Å². The zero-order valence-electron chi connectivity index (χ0n) is 15.1. The summed E-state index contributed by atoms with van der Waals surface area (Å²) in [5, 5.41) is 10.3. The molecular weight excluding hydrogens is 433 g/mol. The number of phenols is 1. The zero-order chi connectivity index (χ0) is 21.0. The van der Waals surface area contributed by atoms with E-state index in [0.29, 0.717) is 21.8 Å². The van der Waals surface area contributed by atoms with Gasteiger partial charge in [0.1, 0.15) is 11.5 Å². The van der Waals surface area contributed by atoms with Crippen LogP contribution in [0.25, 0.3) is 0 Å². The van der Waals surface area contributed by atoms with Crippen LogP contribution in [0.1, 0.15) is 11.1 Å². The molecule has 3 aromatic rings. The maximum Gasteiger partial charge on any atom is 0.261 e. The third-order valence-corrected chi connectivity index (χ3v) is 6.32. The first-order chi connectivity index (χ1) is 13.7. The Morgan fingerprint density at radius 3 is 2.24 bits per heavy atom. The fraction of sp³-hybridized carbons (Fsp3) is 0.0952. The van der Waals surface area contributed by atoms with Crippen molar-refractivity contribution in [1.82, 2.24) is 0 Å². The monoisotopic (exact) mass is 449 g/mol.